The smallest absolute Gasteiger partial charge is 0.410 e. The van der Waals surface area contributed by atoms with Crippen molar-refractivity contribution < 1.29 is 33.3 Å². The Balaban J connectivity index is 4.08. The maximum Gasteiger partial charge on any atom is 0.410 e. The first-order valence-electron chi connectivity index (χ1n) is 4.88. The van der Waals surface area contributed by atoms with E-state index in [1.807, 2.05) is 0 Å². The van der Waals surface area contributed by atoms with Crippen LogP contribution in [0.4, 0.5) is 13.2 Å². The van der Waals surface area contributed by atoms with Crippen molar-refractivity contribution >= 4 is 87.2 Å². The van der Waals surface area contributed by atoms with Gasteiger partial charge in [-0.05, 0) is 0 Å². The molecule has 1 fully saturated rings. The summed E-state index contributed by atoms with van der Waals surface area (Å²) < 4.78 is 30.4. The van der Waals surface area contributed by atoms with Crippen LogP contribution in [0.3, 0.4) is 0 Å². The predicted octanol–water partition coefficient (Wildman–Crippen LogP) is 3.44. The van der Waals surface area contributed by atoms with Gasteiger partial charge in [-0.3, -0.25) is 4.79 Å². The molecule has 3 atom stereocenters. The highest BCUT2D eigenvalue weighted by Gasteiger charge is 2.95. The van der Waals surface area contributed by atoms with E-state index in [1.165, 1.54) is 0 Å². The molecular formula is C8H4Cl7F3O4. The van der Waals surface area contributed by atoms with Crippen LogP contribution in [0.15, 0.2) is 0 Å². The lowest BCUT2D eigenvalue weighted by Crippen LogP contribution is -2.71. The normalized spacial score (nSPS) is 38.1. The monoisotopic (exact) mass is 466 g/mol. The molecule has 14 heteroatoms. The third kappa shape index (κ3) is 2.10. The number of alkyl halides is 10. The second kappa shape index (κ2) is 5.35. The average Bonchev–Trinajstić information content (AvgIpc) is 2.33. The van der Waals surface area contributed by atoms with Gasteiger partial charge in [0.05, 0.1) is 0 Å². The lowest BCUT2D eigenvalue weighted by molar-refractivity contribution is -0.291. The summed E-state index contributed by atoms with van der Waals surface area (Å²) in [7, 11) is 0. The number of carboxylic acids is 1. The highest BCUT2D eigenvalue weighted by Crippen LogP contribution is 2.74. The summed E-state index contributed by atoms with van der Waals surface area (Å²) in [5.74, 6) is -2.85. The number of aliphatic carboxylic acids is 1. The van der Waals surface area contributed by atoms with Crippen LogP contribution in [-0.2, 0) is 4.79 Å². The first kappa shape index (κ1) is 21.3. The van der Waals surface area contributed by atoms with Crippen molar-refractivity contribution in [3.8, 4) is 0 Å². The molecular weight excluding hydrogens is 465 g/mol. The number of hydrogen-bond donors (Lipinski definition) is 3. The van der Waals surface area contributed by atoms with E-state index >= 15 is 0 Å². The molecule has 0 amide bonds. The first-order chi connectivity index (χ1) is 9.35. The highest BCUT2D eigenvalue weighted by molar-refractivity contribution is 6.71. The SMILES string of the molecule is O=C(O)C1(C(F)(F)F)C(O)C(Cl)(Cl)C(Cl)(Cl)C1(O)C(Cl)(Cl)Cl. The predicted molar refractivity (Wildman–Crippen MR) is 76.2 cm³/mol. The Bertz CT molecular complexity index is 505. The van der Waals surface area contributed by atoms with Crippen LogP contribution < -0.4 is 0 Å². The van der Waals surface area contributed by atoms with E-state index in [0.717, 1.165) is 0 Å². The molecule has 0 bridgehead atoms. The first-order valence-corrected chi connectivity index (χ1v) is 7.52. The minimum atomic E-state index is -5.92. The van der Waals surface area contributed by atoms with Crippen LogP contribution >= 0.6 is 81.2 Å². The standard InChI is InChI=1S/C8H4Cl7F3O4/c9-4(10)1(19)3(2(20)21,8(16,17)18)5(22,6(4,11)12)7(13,14)15/h1,19,22H,(H,20,21). The van der Waals surface area contributed by atoms with Crippen LogP contribution in [0.5, 0.6) is 0 Å². The number of rotatable bonds is 1. The molecule has 1 rings (SSSR count). The molecule has 0 heterocycles. The van der Waals surface area contributed by atoms with Gasteiger partial charge in [0.2, 0.25) is 9.21 Å². The maximum absolute atomic E-state index is 13.5. The second-order valence-corrected chi connectivity index (χ2v) is 9.41. The summed E-state index contributed by atoms with van der Waals surface area (Å²) in [6, 6.07) is 0. The quantitative estimate of drug-likeness (QED) is 0.515. The fourth-order valence-electron chi connectivity index (χ4n) is 2.28. The molecule has 3 N–H and O–H groups in total. The summed E-state index contributed by atoms with van der Waals surface area (Å²) in [5.41, 5.74) is -8.76. The van der Waals surface area contributed by atoms with Crippen molar-refractivity contribution in [2.24, 2.45) is 5.41 Å². The molecule has 0 spiro atoms. The Kier molecular flexibility index (Phi) is 5.17. The second-order valence-electron chi connectivity index (χ2n) is 4.42. The molecule has 0 aromatic rings. The zero-order valence-electron chi connectivity index (χ0n) is 9.61. The van der Waals surface area contributed by atoms with Crippen LogP contribution in [0.2, 0.25) is 0 Å². The molecule has 22 heavy (non-hydrogen) atoms. The number of aliphatic hydroxyl groups excluding tert-OH is 1. The summed E-state index contributed by atoms with van der Waals surface area (Å²) in [6.07, 6.45) is -9.20. The van der Waals surface area contributed by atoms with Crippen molar-refractivity contribution in [3.05, 3.63) is 0 Å². The third-order valence-corrected chi connectivity index (χ3v) is 6.72. The summed E-state index contributed by atoms with van der Waals surface area (Å²) in [6.45, 7) is 0. The fourth-order valence-corrected chi connectivity index (χ4v) is 4.84. The van der Waals surface area contributed by atoms with Crippen LogP contribution in [0.1, 0.15) is 0 Å². The van der Waals surface area contributed by atoms with E-state index in [-0.39, 0.29) is 0 Å². The maximum atomic E-state index is 13.5. The third-order valence-electron chi connectivity index (χ3n) is 3.39. The van der Waals surface area contributed by atoms with Gasteiger partial charge in [0.15, 0.2) is 14.3 Å². The van der Waals surface area contributed by atoms with Crippen LogP contribution in [-0.4, -0.2) is 51.6 Å². The van der Waals surface area contributed by atoms with Crippen molar-refractivity contribution in [3.63, 3.8) is 0 Å². The van der Waals surface area contributed by atoms with Gasteiger partial charge in [-0.2, -0.15) is 13.2 Å². The van der Waals surface area contributed by atoms with Gasteiger partial charge in [0.25, 0.3) is 0 Å². The van der Waals surface area contributed by atoms with Gasteiger partial charge in [0.1, 0.15) is 6.10 Å². The Morgan fingerprint density at radius 1 is 1.05 bits per heavy atom. The van der Waals surface area contributed by atoms with Crippen molar-refractivity contribution in [1.82, 2.24) is 0 Å². The zero-order chi connectivity index (χ0) is 18.2. The van der Waals surface area contributed by atoms with Gasteiger partial charge < -0.3 is 15.3 Å². The molecule has 1 aliphatic rings. The van der Waals surface area contributed by atoms with Crippen molar-refractivity contribution in [2.45, 2.75) is 30.3 Å². The zero-order valence-corrected chi connectivity index (χ0v) is 14.9. The molecule has 0 aromatic heterocycles. The summed E-state index contributed by atoms with van der Waals surface area (Å²) >= 11 is 38.0. The molecule has 1 saturated carbocycles. The Hall–Kier alpha value is 1.21. The van der Waals surface area contributed by atoms with E-state index in [2.05, 4.69) is 0 Å². The van der Waals surface area contributed by atoms with Gasteiger partial charge in [-0.1, -0.05) is 81.2 Å². The Labute approximate surface area is 155 Å². The van der Waals surface area contributed by atoms with Crippen LogP contribution in [0, 0.1) is 5.41 Å². The van der Waals surface area contributed by atoms with Crippen molar-refractivity contribution in [2.75, 3.05) is 0 Å². The minimum Gasteiger partial charge on any atom is -0.480 e. The number of carbonyl (C=O) groups is 1. The van der Waals surface area contributed by atoms with E-state index < -0.39 is 41.7 Å². The summed E-state index contributed by atoms with van der Waals surface area (Å²) in [4.78, 5) is 11.4. The van der Waals surface area contributed by atoms with E-state index in [1.54, 1.807) is 0 Å². The average molecular weight is 469 g/mol. The molecule has 0 aliphatic heterocycles. The highest BCUT2D eigenvalue weighted by atomic mass is 35.6. The minimum absolute atomic E-state index is 2.85. The number of carboxylic acid groups (broad SMARTS) is 1. The Morgan fingerprint density at radius 2 is 1.41 bits per heavy atom. The molecule has 0 radical (unpaired) electrons. The number of halogens is 10. The Morgan fingerprint density at radius 3 is 1.59 bits per heavy atom. The van der Waals surface area contributed by atoms with E-state index in [0.29, 0.717) is 0 Å². The molecule has 0 saturated heterocycles. The number of aliphatic hydroxyl groups is 2. The molecule has 3 unspecified atom stereocenters. The topological polar surface area (TPSA) is 77.8 Å². The molecule has 130 valence electrons. The molecule has 4 nitrogen and oxygen atoms in total. The van der Waals surface area contributed by atoms with E-state index in [4.69, 9.17) is 86.3 Å². The lowest BCUT2D eigenvalue weighted by Gasteiger charge is -2.47. The van der Waals surface area contributed by atoms with Crippen molar-refractivity contribution in [1.29, 1.82) is 0 Å². The van der Waals surface area contributed by atoms with Gasteiger partial charge >= 0.3 is 12.1 Å². The van der Waals surface area contributed by atoms with Gasteiger partial charge in [0, 0.05) is 0 Å². The van der Waals surface area contributed by atoms with Gasteiger partial charge in [-0.25, -0.2) is 0 Å². The fraction of sp³-hybridized carbons (Fsp3) is 0.875. The largest absolute Gasteiger partial charge is 0.480 e. The number of hydrogen-bond acceptors (Lipinski definition) is 3. The van der Waals surface area contributed by atoms with Gasteiger partial charge in [-0.15, -0.1) is 0 Å². The molecule has 0 aromatic carbocycles. The van der Waals surface area contributed by atoms with Crippen LogP contribution in [0.25, 0.3) is 0 Å². The van der Waals surface area contributed by atoms with E-state index in [9.17, 15) is 28.2 Å². The summed E-state index contributed by atoms with van der Waals surface area (Å²) in [5, 5.41) is 29.3. The molecule has 1 aliphatic carbocycles. The lowest BCUT2D eigenvalue weighted by atomic mass is 9.72.